The molecular formula is C7H18NOP. The van der Waals surface area contributed by atoms with Crippen LogP contribution in [0.25, 0.3) is 0 Å². The van der Waals surface area contributed by atoms with Gasteiger partial charge in [0.15, 0.2) is 0 Å². The van der Waals surface area contributed by atoms with Crippen molar-refractivity contribution in [1.29, 1.82) is 0 Å². The molecule has 0 spiro atoms. The fraction of sp³-hybridized carbons (Fsp3) is 1.00. The Bertz CT molecular complexity index is 62.0. The van der Waals surface area contributed by atoms with Gasteiger partial charge in [-0.3, -0.25) is 0 Å². The summed E-state index contributed by atoms with van der Waals surface area (Å²) in [6.45, 7) is 6.17. The molecule has 1 N–H and O–H groups in total. The van der Waals surface area contributed by atoms with Crippen LogP contribution in [0.4, 0.5) is 0 Å². The molecule has 1 rings (SSSR count). The van der Waals surface area contributed by atoms with Crippen LogP contribution in [0.2, 0.25) is 0 Å². The van der Waals surface area contributed by atoms with Crippen LogP contribution < -0.4 is 0 Å². The first-order chi connectivity index (χ1) is 4.79. The molecule has 10 heavy (non-hydrogen) atoms. The van der Waals surface area contributed by atoms with Crippen molar-refractivity contribution >= 4 is 8.15 Å². The quantitative estimate of drug-likeness (QED) is 0.545. The van der Waals surface area contributed by atoms with Gasteiger partial charge in [-0.25, -0.2) is 0 Å². The van der Waals surface area contributed by atoms with E-state index < -0.39 is 8.15 Å². The van der Waals surface area contributed by atoms with E-state index in [1.165, 1.54) is 0 Å². The number of nitrogens with zero attached hydrogens (tertiary/aromatic N) is 1. The zero-order valence-electron chi connectivity index (χ0n) is 7.17. The Kier molecular flexibility index (Phi) is 6.30. The fourth-order valence-electron chi connectivity index (χ4n) is 0.796. The van der Waals surface area contributed by atoms with Crippen molar-refractivity contribution in [2.45, 2.75) is 13.8 Å². The van der Waals surface area contributed by atoms with Gasteiger partial charge in [0.25, 0.3) is 0 Å². The van der Waals surface area contributed by atoms with Crippen molar-refractivity contribution in [2.75, 3.05) is 32.5 Å². The van der Waals surface area contributed by atoms with Gasteiger partial charge in [-0.15, -0.1) is 0 Å². The van der Waals surface area contributed by atoms with Crippen molar-refractivity contribution in [3.05, 3.63) is 0 Å². The zero-order chi connectivity index (χ0) is 7.98. The highest BCUT2D eigenvalue weighted by Gasteiger charge is 2.12. The molecule has 62 valence electrons. The van der Waals surface area contributed by atoms with Crippen LogP contribution in [0.3, 0.4) is 0 Å². The number of hydrogen-bond donors (Lipinski definition) is 1. The highest BCUT2D eigenvalue weighted by Crippen LogP contribution is 2.31. The predicted molar refractivity (Wildman–Crippen MR) is 47.7 cm³/mol. The Labute approximate surface area is 65.1 Å². The standard InChI is InChI=1S/C5H12NOP.C2H6/c1-6-2-4-8(7)5-3-6;1-2/h7H,2-5H2,1H3;1-2H3. The molecule has 0 aromatic rings. The van der Waals surface area contributed by atoms with E-state index in [4.69, 9.17) is 4.89 Å². The largest absolute Gasteiger partial charge is 0.374 e. The molecule has 1 aliphatic rings. The van der Waals surface area contributed by atoms with Crippen molar-refractivity contribution in [1.82, 2.24) is 4.90 Å². The van der Waals surface area contributed by atoms with Gasteiger partial charge < -0.3 is 9.79 Å². The Morgan fingerprint density at radius 1 is 1.20 bits per heavy atom. The van der Waals surface area contributed by atoms with Gasteiger partial charge in [0.05, 0.1) is 0 Å². The van der Waals surface area contributed by atoms with Crippen molar-refractivity contribution in [3.8, 4) is 0 Å². The van der Waals surface area contributed by atoms with E-state index in [0.29, 0.717) is 0 Å². The Morgan fingerprint density at radius 2 is 1.60 bits per heavy atom. The molecule has 0 aliphatic carbocycles. The van der Waals surface area contributed by atoms with Gasteiger partial charge in [0.1, 0.15) is 0 Å². The second kappa shape index (κ2) is 6.09. The summed E-state index contributed by atoms with van der Waals surface area (Å²) >= 11 is 0. The average Bonchev–Trinajstić information content (AvgIpc) is 2.00. The van der Waals surface area contributed by atoms with E-state index in [0.717, 1.165) is 25.4 Å². The third kappa shape index (κ3) is 4.21. The fourth-order valence-corrected chi connectivity index (χ4v) is 2.16. The summed E-state index contributed by atoms with van der Waals surface area (Å²) in [5.74, 6) is 0. The molecule has 1 heterocycles. The second-order valence-electron chi connectivity index (χ2n) is 2.26. The summed E-state index contributed by atoms with van der Waals surface area (Å²) in [5, 5.41) is 0. The summed E-state index contributed by atoms with van der Waals surface area (Å²) < 4.78 is 0. The Balaban J connectivity index is 0.000000371. The molecule has 1 saturated heterocycles. The van der Waals surface area contributed by atoms with E-state index in [1.807, 2.05) is 13.8 Å². The van der Waals surface area contributed by atoms with Crippen molar-refractivity contribution in [2.24, 2.45) is 0 Å². The first-order valence-electron chi connectivity index (χ1n) is 3.91. The van der Waals surface area contributed by atoms with E-state index in [2.05, 4.69) is 11.9 Å². The molecule has 0 bridgehead atoms. The summed E-state index contributed by atoms with van der Waals surface area (Å²) in [6.07, 6.45) is 2.04. The molecule has 0 unspecified atom stereocenters. The first-order valence-corrected chi connectivity index (χ1v) is 5.58. The predicted octanol–water partition coefficient (Wildman–Crippen LogP) is 1.35. The van der Waals surface area contributed by atoms with Gasteiger partial charge in [0, 0.05) is 33.6 Å². The third-order valence-corrected chi connectivity index (χ3v) is 2.91. The lowest BCUT2D eigenvalue weighted by atomic mass is 10.6. The molecular weight excluding hydrogens is 145 g/mol. The van der Waals surface area contributed by atoms with E-state index in [9.17, 15) is 0 Å². The van der Waals surface area contributed by atoms with Gasteiger partial charge in [0.2, 0.25) is 0 Å². The summed E-state index contributed by atoms with van der Waals surface area (Å²) in [4.78, 5) is 11.3. The molecule has 1 aliphatic heterocycles. The molecule has 3 heteroatoms. The van der Waals surface area contributed by atoms with Gasteiger partial charge in [-0.05, 0) is 7.05 Å². The molecule has 0 radical (unpaired) electrons. The maximum absolute atomic E-state index is 9.07. The van der Waals surface area contributed by atoms with Crippen LogP contribution in [0.15, 0.2) is 0 Å². The van der Waals surface area contributed by atoms with Gasteiger partial charge >= 0.3 is 0 Å². The SMILES string of the molecule is CC.CN1CCP(O)CC1. The minimum absolute atomic E-state index is 0.560. The van der Waals surface area contributed by atoms with Crippen LogP contribution in [-0.2, 0) is 0 Å². The third-order valence-electron chi connectivity index (χ3n) is 1.48. The maximum atomic E-state index is 9.07. The zero-order valence-corrected chi connectivity index (χ0v) is 8.06. The minimum atomic E-state index is -0.560. The van der Waals surface area contributed by atoms with E-state index in [1.54, 1.807) is 0 Å². The minimum Gasteiger partial charge on any atom is -0.374 e. The highest BCUT2D eigenvalue weighted by molar-refractivity contribution is 7.51. The maximum Gasteiger partial charge on any atom is 0.0277 e. The van der Waals surface area contributed by atoms with Crippen molar-refractivity contribution < 1.29 is 4.89 Å². The van der Waals surface area contributed by atoms with Gasteiger partial charge in [-0.1, -0.05) is 13.8 Å². The molecule has 2 nitrogen and oxygen atoms in total. The molecule has 1 fully saturated rings. The van der Waals surface area contributed by atoms with Crippen LogP contribution >= 0.6 is 8.15 Å². The first kappa shape index (κ1) is 10.3. The lowest BCUT2D eigenvalue weighted by Crippen LogP contribution is -2.29. The van der Waals surface area contributed by atoms with E-state index >= 15 is 0 Å². The summed E-state index contributed by atoms with van der Waals surface area (Å²) in [6, 6.07) is 0. The van der Waals surface area contributed by atoms with Crippen LogP contribution in [-0.4, -0.2) is 42.3 Å². The lowest BCUT2D eigenvalue weighted by Gasteiger charge is -2.24. The van der Waals surface area contributed by atoms with Crippen LogP contribution in [0.1, 0.15) is 13.8 Å². The molecule has 0 amide bonds. The topological polar surface area (TPSA) is 23.5 Å². The summed E-state index contributed by atoms with van der Waals surface area (Å²) in [5.41, 5.74) is 0. The monoisotopic (exact) mass is 163 g/mol. The Hall–Kier alpha value is 0.350. The van der Waals surface area contributed by atoms with Crippen molar-refractivity contribution in [3.63, 3.8) is 0 Å². The Morgan fingerprint density at radius 3 is 1.90 bits per heavy atom. The van der Waals surface area contributed by atoms with Gasteiger partial charge in [-0.2, -0.15) is 0 Å². The van der Waals surface area contributed by atoms with E-state index in [-0.39, 0.29) is 0 Å². The molecule has 0 aromatic carbocycles. The molecule has 0 aromatic heterocycles. The smallest absolute Gasteiger partial charge is 0.0277 e. The average molecular weight is 163 g/mol. The van der Waals surface area contributed by atoms with Crippen LogP contribution in [0, 0.1) is 0 Å². The number of rotatable bonds is 0. The number of hydrogen-bond acceptors (Lipinski definition) is 2. The second-order valence-corrected chi connectivity index (χ2v) is 4.16. The summed E-state index contributed by atoms with van der Waals surface area (Å²) in [7, 11) is 1.54. The van der Waals surface area contributed by atoms with Crippen LogP contribution in [0.5, 0.6) is 0 Å². The molecule has 0 atom stereocenters. The lowest BCUT2D eigenvalue weighted by molar-refractivity contribution is 0.359. The normalized spacial score (nSPS) is 21.6. The highest BCUT2D eigenvalue weighted by atomic mass is 31.1. The molecule has 0 saturated carbocycles.